The van der Waals surface area contributed by atoms with Crippen LogP contribution in [0.25, 0.3) is 22.2 Å². The molecule has 36 heavy (non-hydrogen) atoms. The van der Waals surface area contributed by atoms with Gasteiger partial charge in [0.25, 0.3) is 5.91 Å². The number of aryl methyl sites for hydroxylation is 1. The Labute approximate surface area is 207 Å². The van der Waals surface area contributed by atoms with Crippen molar-refractivity contribution in [1.82, 2.24) is 14.6 Å². The highest BCUT2D eigenvalue weighted by Crippen LogP contribution is 2.31. The average Bonchev–Trinajstić information content (AvgIpc) is 3.16. The summed E-state index contributed by atoms with van der Waals surface area (Å²) in [6.07, 6.45) is 1.58. The number of ether oxygens (including phenoxy) is 2. The van der Waals surface area contributed by atoms with Crippen molar-refractivity contribution in [2.75, 3.05) is 25.3 Å². The Bertz CT molecular complexity index is 1620. The Morgan fingerprint density at radius 3 is 2.39 bits per heavy atom. The third-order valence-corrected chi connectivity index (χ3v) is 5.76. The first-order valence-corrected chi connectivity index (χ1v) is 11.2. The Balaban J connectivity index is 1.66. The van der Waals surface area contributed by atoms with E-state index in [0.29, 0.717) is 44.9 Å². The third-order valence-electron chi connectivity index (χ3n) is 5.76. The SMILES string of the molecule is COc1cccc(/C=N/n2c(N)c(C(=O)Nc3ccc(C)cc3)c3nc4ccccc4nc32)c1OC. The lowest BCUT2D eigenvalue weighted by Gasteiger charge is -2.09. The van der Waals surface area contributed by atoms with Crippen LogP contribution in [0, 0.1) is 6.92 Å². The summed E-state index contributed by atoms with van der Waals surface area (Å²) in [5.74, 6) is 0.797. The summed E-state index contributed by atoms with van der Waals surface area (Å²) in [5, 5.41) is 7.46. The number of fused-ring (bicyclic) bond motifs is 2. The number of nitrogen functional groups attached to an aromatic ring is 1. The Morgan fingerprint density at radius 1 is 0.972 bits per heavy atom. The monoisotopic (exact) mass is 480 g/mol. The maximum atomic E-state index is 13.4. The number of benzene rings is 3. The van der Waals surface area contributed by atoms with E-state index in [1.807, 2.05) is 67.6 Å². The number of amides is 1. The number of rotatable bonds is 6. The number of hydrogen-bond acceptors (Lipinski definition) is 7. The second kappa shape index (κ2) is 9.38. The molecule has 0 aliphatic rings. The van der Waals surface area contributed by atoms with Gasteiger partial charge in [-0.3, -0.25) is 4.79 Å². The predicted molar refractivity (Wildman–Crippen MR) is 141 cm³/mol. The smallest absolute Gasteiger partial charge is 0.261 e. The largest absolute Gasteiger partial charge is 0.493 e. The molecule has 2 heterocycles. The first kappa shape index (κ1) is 22.9. The van der Waals surface area contributed by atoms with Crippen molar-refractivity contribution in [2.24, 2.45) is 5.10 Å². The van der Waals surface area contributed by atoms with Crippen LogP contribution < -0.4 is 20.5 Å². The number of carbonyl (C=O) groups excluding carboxylic acids is 1. The van der Waals surface area contributed by atoms with E-state index in [0.717, 1.165) is 5.56 Å². The number of carbonyl (C=O) groups is 1. The van der Waals surface area contributed by atoms with Gasteiger partial charge in [0.2, 0.25) is 0 Å². The van der Waals surface area contributed by atoms with Crippen molar-refractivity contribution in [3.8, 4) is 11.5 Å². The van der Waals surface area contributed by atoms with E-state index < -0.39 is 5.91 Å². The normalized spacial score (nSPS) is 11.3. The molecule has 9 nitrogen and oxygen atoms in total. The van der Waals surface area contributed by atoms with Crippen molar-refractivity contribution in [1.29, 1.82) is 0 Å². The van der Waals surface area contributed by atoms with Crippen LogP contribution in [0.4, 0.5) is 11.5 Å². The summed E-state index contributed by atoms with van der Waals surface area (Å²) in [6, 6.07) is 20.4. The molecule has 5 aromatic rings. The van der Waals surface area contributed by atoms with E-state index in [9.17, 15) is 4.79 Å². The topological polar surface area (TPSA) is 117 Å². The van der Waals surface area contributed by atoms with Gasteiger partial charge in [-0.15, -0.1) is 0 Å². The van der Waals surface area contributed by atoms with Crippen LogP contribution in [0.15, 0.2) is 71.8 Å². The molecule has 5 rings (SSSR count). The first-order chi connectivity index (χ1) is 17.5. The number of methoxy groups -OCH3 is 2. The fourth-order valence-corrected chi connectivity index (χ4v) is 3.95. The Hall–Kier alpha value is -4.92. The van der Waals surface area contributed by atoms with Crippen molar-refractivity contribution >= 4 is 45.8 Å². The van der Waals surface area contributed by atoms with Gasteiger partial charge in [-0.2, -0.15) is 9.78 Å². The summed E-state index contributed by atoms with van der Waals surface area (Å²) < 4.78 is 12.3. The number of anilines is 2. The van der Waals surface area contributed by atoms with Gasteiger partial charge < -0.3 is 20.5 Å². The maximum Gasteiger partial charge on any atom is 0.261 e. The van der Waals surface area contributed by atoms with E-state index in [1.54, 1.807) is 26.5 Å². The van der Waals surface area contributed by atoms with E-state index in [2.05, 4.69) is 10.4 Å². The minimum absolute atomic E-state index is 0.114. The van der Waals surface area contributed by atoms with Crippen LogP contribution in [0.2, 0.25) is 0 Å². The zero-order chi connectivity index (χ0) is 25.2. The summed E-state index contributed by atoms with van der Waals surface area (Å²) in [6.45, 7) is 1.98. The molecule has 0 fully saturated rings. The molecule has 0 atom stereocenters. The molecular weight excluding hydrogens is 456 g/mol. The lowest BCUT2D eigenvalue weighted by Crippen LogP contribution is -2.14. The van der Waals surface area contributed by atoms with Gasteiger partial charge in [-0.25, -0.2) is 9.97 Å². The summed E-state index contributed by atoms with van der Waals surface area (Å²) >= 11 is 0. The molecule has 0 spiro atoms. The van der Waals surface area contributed by atoms with Crippen molar-refractivity contribution in [2.45, 2.75) is 6.92 Å². The minimum Gasteiger partial charge on any atom is -0.493 e. The summed E-state index contributed by atoms with van der Waals surface area (Å²) in [5.41, 5.74) is 11.1. The number of nitrogens with one attached hydrogen (secondary N) is 1. The van der Waals surface area contributed by atoms with Gasteiger partial charge in [0.15, 0.2) is 17.1 Å². The second-order valence-electron chi connectivity index (χ2n) is 8.10. The third kappa shape index (κ3) is 4.07. The number of aromatic nitrogens is 3. The molecule has 3 N–H and O–H groups in total. The lowest BCUT2D eigenvalue weighted by atomic mass is 10.2. The molecule has 0 radical (unpaired) electrons. The highest BCUT2D eigenvalue weighted by Gasteiger charge is 2.24. The highest BCUT2D eigenvalue weighted by atomic mass is 16.5. The molecule has 0 bridgehead atoms. The summed E-state index contributed by atoms with van der Waals surface area (Å²) in [4.78, 5) is 22.8. The van der Waals surface area contributed by atoms with Crippen LogP contribution in [-0.2, 0) is 0 Å². The van der Waals surface area contributed by atoms with E-state index in [-0.39, 0.29) is 11.4 Å². The fraction of sp³-hybridized carbons (Fsp3) is 0.111. The van der Waals surface area contributed by atoms with Crippen LogP contribution in [0.1, 0.15) is 21.5 Å². The summed E-state index contributed by atoms with van der Waals surface area (Å²) in [7, 11) is 3.12. The van der Waals surface area contributed by atoms with Gasteiger partial charge in [0.1, 0.15) is 16.9 Å². The molecule has 0 saturated carbocycles. The average molecular weight is 481 g/mol. The van der Waals surface area contributed by atoms with Gasteiger partial charge in [0, 0.05) is 11.3 Å². The maximum absolute atomic E-state index is 13.4. The van der Waals surface area contributed by atoms with Crippen LogP contribution in [-0.4, -0.2) is 41.0 Å². The number of para-hydroxylation sites is 3. The molecule has 9 heteroatoms. The zero-order valence-corrected chi connectivity index (χ0v) is 20.0. The van der Waals surface area contributed by atoms with E-state index in [4.69, 9.17) is 25.2 Å². The van der Waals surface area contributed by atoms with Gasteiger partial charge in [0.05, 0.1) is 31.5 Å². The predicted octanol–water partition coefficient (Wildman–Crippen LogP) is 4.63. The van der Waals surface area contributed by atoms with Crippen LogP contribution >= 0.6 is 0 Å². The number of nitrogens with two attached hydrogens (primary N) is 1. The van der Waals surface area contributed by atoms with Crippen molar-refractivity contribution in [3.63, 3.8) is 0 Å². The Morgan fingerprint density at radius 2 is 1.69 bits per heavy atom. The van der Waals surface area contributed by atoms with E-state index in [1.165, 1.54) is 4.68 Å². The van der Waals surface area contributed by atoms with Gasteiger partial charge in [-0.05, 0) is 43.3 Å². The molecule has 0 aliphatic carbocycles. The van der Waals surface area contributed by atoms with Gasteiger partial charge in [-0.1, -0.05) is 35.9 Å². The van der Waals surface area contributed by atoms with Crippen molar-refractivity contribution in [3.05, 3.63) is 83.4 Å². The molecule has 0 saturated heterocycles. The molecule has 1 amide bonds. The standard InChI is InChI=1S/C27H24N6O3/c1-16-11-13-18(14-12-16)30-27(34)22-23-26(32-20-9-5-4-8-19(20)31-23)33(25(22)28)29-15-17-7-6-10-21(35-2)24(17)36-3/h4-15H,28H2,1-3H3,(H,30,34)/b29-15+. The Kier molecular flexibility index (Phi) is 5.95. The quantitative estimate of drug-likeness (QED) is 0.342. The molecule has 0 aliphatic heterocycles. The fourth-order valence-electron chi connectivity index (χ4n) is 3.95. The molecule has 0 unspecified atom stereocenters. The first-order valence-electron chi connectivity index (χ1n) is 11.2. The molecular formula is C27H24N6O3. The number of nitrogens with zero attached hydrogens (tertiary/aromatic N) is 4. The minimum atomic E-state index is -0.404. The zero-order valence-electron chi connectivity index (χ0n) is 20.0. The van der Waals surface area contributed by atoms with Gasteiger partial charge >= 0.3 is 0 Å². The highest BCUT2D eigenvalue weighted by molar-refractivity contribution is 6.16. The van der Waals surface area contributed by atoms with E-state index >= 15 is 0 Å². The van der Waals surface area contributed by atoms with Crippen molar-refractivity contribution < 1.29 is 14.3 Å². The lowest BCUT2D eigenvalue weighted by molar-refractivity contribution is 0.102. The van der Waals surface area contributed by atoms with Crippen LogP contribution in [0.3, 0.4) is 0 Å². The molecule has 2 aromatic heterocycles. The number of hydrogen-bond donors (Lipinski definition) is 2. The second-order valence-corrected chi connectivity index (χ2v) is 8.10. The molecule has 3 aromatic carbocycles. The van der Waals surface area contributed by atoms with Crippen LogP contribution in [0.5, 0.6) is 11.5 Å². The molecule has 180 valence electrons.